The third kappa shape index (κ3) is 17.7. The van der Waals surface area contributed by atoms with Crippen molar-refractivity contribution >= 4 is 11.7 Å². The molecule has 0 saturated carbocycles. The van der Waals surface area contributed by atoms with Crippen LogP contribution in [0.1, 0.15) is 72.6 Å². The zero-order valence-corrected chi connectivity index (χ0v) is 16.8. The second-order valence-electron chi connectivity index (χ2n) is 7.36. The summed E-state index contributed by atoms with van der Waals surface area (Å²) in [7, 11) is 0. The molecule has 0 heterocycles. The Morgan fingerprint density at radius 1 is 0.800 bits per heavy atom. The Labute approximate surface area is 154 Å². The van der Waals surface area contributed by atoms with Gasteiger partial charge in [-0.2, -0.15) is 0 Å². The number of ketones is 1. The van der Waals surface area contributed by atoms with Crippen molar-refractivity contribution < 1.29 is 19.1 Å². The molecule has 0 radical (unpaired) electrons. The van der Waals surface area contributed by atoms with E-state index in [0.29, 0.717) is 18.9 Å². The maximum atomic E-state index is 11.5. The molecule has 0 aliphatic rings. The summed E-state index contributed by atoms with van der Waals surface area (Å²) < 4.78 is 11.0. The van der Waals surface area contributed by atoms with E-state index in [0.717, 1.165) is 58.3 Å². The summed E-state index contributed by atoms with van der Waals surface area (Å²) in [6, 6.07) is 0. The Hall–Kier alpha value is -0.940. The number of Topliss-reactive ketones (excluding diaryl/α,β-unsaturated/α-hetero) is 1. The molecule has 0 bridgehead atoms. The Bertz CT molecular complexity index is 343. The fourth-order valence-electron chi connectivity index (χ4n) is 2.20. The average Bonchev–Trinajstić information content (AvgIpc) is 2.54. The first-order chi connectivity index (χ1) is 11.9. The first-order valence-electron chi connectivity index (χ1n) is 9.88. The van der Waals surface area contributed by atoms with E-state index in [1.807, 2.05) is 13.8 Å². The lowest BCUT2D eigenvalue weighted by atomic mass is 10.1. The SMILES string of the molecule is CC(C)CC(=O)NCCCCCOCCCCCOCC(=O)C(C)C. The van der Waals surface area contributed by atoms with Gasteiger partial charge in [-0.1, -0.05) is 27.7 Å². The fraction of sp³-hybridized carbons (Fsp3) is 0.900. The van der Waals surface area contributed by atoms with E-state index >= 15 is 0 Å². The lowest BCUT2D eigenvalue weighted by Gasteiger charge is -2.08. The van der Waals surface area contributed by atoms with Crippen LogP contribution < -0.4 is 5.32 Å². The van der Waals surface area contributed by atoms with Gasteiger partial charge in [0.1, 0.15) is 6.61 Å². The molecule has 0 aromatic heterocycles. The molecule has 0 rings (SSSR count). The topological polar surface area (TPSA) is 64.6 Å². The molecule has 1 amide bonds. The van der Waals surface area contributed by atoms with E-state index in [4.69, 9.17) is 9.47 Å². The van der Waals surface area contributed by atoms with Crippen molar-refractivity contribution in [1.29, 1.82) is 0 Å². The Balaban J connectivity index is 3.17. The standard InChI is InChI=1S/C20H39NO4/c1-17(2)15-20(23)21-11-7-5-8-12-24-13-9-6-10-14-25-16-19(22)18(3)4/h17-18H,5-16H2,1-4H3,(H,21,23). The quantitative estimate of drug-likeness (QED) is 0.403. The van der Waals surface area contributed by atoms with Gasteiger partial charge in [0.15, 0.2) is 5.78 Å². The van der Waals surface area contributed by atoms with Crippen molar-refractivity contribution in [2.45, 2.75) is 72.6 Å². The van der Waals surface area contributed by atoms with Gasteiger partial charge >= 0.3 is 0 Å². The van der Waals surface area contributed by atoms with Crippen LogP contribution in [0.5, 0.6) is 0 Å². The molecule has 25 heavy (non-hydrogen) atoms. The number of carbonyl (C=O) groups excluding carboxylic acids is 2. The lowest BCUT2D eigenvalue weighted by molar-refractivity contribution is -0.126. The Morgan fingerprint density at radius 3 is 1.92 bits per heavy atom. The first kappa shape index (κ1) is 24.1. The van der Waals surface area contributed by atoms with Gasteiger partial charge in [-0.15, -0.1) is 0 Å². The van der Waals surface area contributed by atoms with Crippen LogP contribution >= 0.6 is 0 Å². The third-order valence-electron chi connectivity index (χ3n) is 3.85. The van der Waals surface area contributed by atoms with Crippen LogP contribution in [0.2, 0.25) is 0 Å². The molecule has 0 aliphatic carbocycles. The second-order valence-corrected chi connectivity index (χ2v) is 7.36. The predicted octanol–water partition coefficient (Wildman–Crippen LogP) is 3.75. The summed E-state index contributed by atoms with van der Waals surface area (Å²) in [5.41, 5.74) is 0. The van der Waals surface area contributed by atoms with E-state index in [-0.39, 0.29) is 24.2 Å². The smallest absolute Gasteiger partial charge is 0.220 e. The second kappa shape index (κ2) is 16.5. The number of unbranched alkanes of at least 4 members (excludes halogenated alkanes) is 4. The van der Waals surface area contributed by atoms with Gasteiger partial charge in [0, 0.05) is 38.7 Å². The van der Waals surface area contributed by atoms with Crippen molar-refractivity contribution in [2.24, 2.45) is 11.8 Å². The van der Waals surface area contributed by atoms with Crippen LogP contribution in [0.15, 0.2) is 0 Å². The molecule has 5 nitrogen and oxygen atoms in total. The highest BCUT2D eigenvalue weighted by atomic mass is 16.5. The molecule has 0 saturated heterocycles. The van der Waals surface area contributed by atoms with Gasteiger partial charge in [-0.3, -0.25) is 9.59 Å². The summed E-state index contributed by atoms with van der Waals surface area (Å²) in [4.78, 5) is 22.8. The number of nitrogens with one attached hydrogen (secondary N) is 1. The lowest BCUT2D eigenvalue weighted by Crippen LogP contribution is -2.25. The summed E-state index contributed by atoms with van der Waals surface area (Å²) in [6.07, 6.45) is 6.83. The van der Waals surface area contributed by atoms with Crippen LogP contribution in [0, 0.1) is 11.8 Å². The van der Waals surface area contributed by atoms with Crippen molar-refractivity contribution in [1.82, 2.24) is 5.32 Å². The monoisotopic (exact) mass is 357 g/mol. The molecule has 148 valence electrons. The number of carbonyl (C=O) groups is 2. The minimum Gasteiger partial charge on any atom is -0.381 e. The van der Waals surface area contributed by atoms with Crippen molar-refractivity contribution in [3.63, 3.8) is 0 Å². The van der Waals surface area contributed by atoms with Crippen LogP contribution in [0.4, 0.5) is 0 Å². The molecule has 0 unspecified atom stereocenters. The first-order valence-corrected chi connectivity index (χ1v) is 9.88. The van der Waals surface area contributed by atoms with Crippen LogP contribution in [0.25, 0.3) is 0 Å². The summed E-state index contributed by atoms with van der Waals surface area (Å²) >= 11 is 0. The van der Waals surface area contributed by atoms with Gasteiger partial charge in [-0.25, -0.2) is 0 Å². The summed E-state index contributed by atoms with van der Waals surface area (Å²) in [5.74, 6) is 0.804. The number of hydrogen-bond donors (Lipinski definition) is 1. The molecular weight excluding hydrogens is 318 g/mol. The van der Waals surface area contributed by atoms with E-state index in [9.17, 15) is 9.59 Å². The number of amides is 1. The minimum atomic E-state index is 0.0599. The van der Waals surface area contributed by atoms with Crippen molar-refractivity contribution in [3.05, 3.63) is 0 Å². The number of hydrogen-bond acceptors (Lipinski definition) is 4. The van der Waals surface area contributed by atoms with Gasteiger partial charge < -0.3 is 14.8 Å². The van der Waals surface area contributed by atoms with Crippen LogP contribution in [-0.4, -0.2) is 44.7 Å². The molecule has 0 aliphatic heterocycles. The van der Waals surface area contributed by atoms with E-state index in [1.165, 1.54) is 0 Å². The normalized spacial score (nSPS) is 11.3. The van der Waals surface area contributed by atoms with Gasteiger partial charge in [0.2, 0.25) is 5.91 Å². The van der Waals surface area contributed by atoms with E-state index in [2.05, 4.69) is 19.2 Å². The van der Waals surface area contributed by atoms with Gasteiger partial charge in [0.05, 0.1) is 0 Å². The zero-order valence-electron chi connectivity index (χ0n) is 16.8. The average molecular weight is 358 g/mol. The van der Waals surface area contributed by atoms with Gasteiger partial charge in [-0.05, 0) is 44.4 Å². The highest BCUT2D eigenvalue weighted by molar-refractivity contribution is 5.81. The summed E-state index contributed by atoms with van der Waals surface area (Å²) in [6.45, 7) is 11.1. The number of rotatable bonds is 17. The van der Waals surface area contributed by atoms with Crippen molar-refractivity contribution in [2.75, 3.05) is 33.0 Å². The zero-order chi connectivity index (χ0) is 18.9. The molecule has 0 aromatic carbocycles. The maximum Gasteiger partial charge on any atom is 0.220 e. The molecule has 0 atom stereocenters. The van der Waals surface area contributed by atoms with Crippen LogP contribution in [0.3, 0.4) is 0 Å². The third-order valence-corrected chi connectivity index (χ3v) is 3.85. The van der Waals surface area contributed by atoms with E-state index < -0.39 is 0 Å². The Morgan fingerprint density at radius 2 is 1.36 bits per heavy atom. The number of ether oxygens (including phenoxy) is 2. The highest BCUT2D eigenvalue weighted by Crippen LogP contribution is 2.01. The fourth-order valence-corrected chi connectivity index (χ4v) is 2.20. The highest BCUT2D eigenvalue weighted by Gasteiger charge is 2.06. The molecule has 5 heteroatoms. The molecule has 0 spiro atoms. The predicted molar refractivity (Wildman–Crippen MR) is 102 cm³/mol. The maximum absolute atomic E-state index is 11.5. The molecular formula is C20H39NO4. The van der Waals surface area contributed by atoms with Gasteiger partial charge in [0.25, 0.3) is 0 Å². The molecule has 0 fully saturated rings. The van der Waals surface area contributed by atoms with Crippen LogP contribution in [-0.2, 0) is 19.1 Å². The largest absolute Gasteiger partial charge is 0.381 e. The molecule has 0 aromatic rings. The van der Waals surface area contributed by atoms with Crippen molar-refractivity contribution in [3.8, 4) is 0 Å². The van der Waals surface area contributed by atoms with E-state index in [1.54, 1.807) is 0 Å². The summed E-state index contributed by atoms with van der Waals surface area (Å²) in [5, 5.41) is 2.95. The molecule has 1 N–H and O–H groups in total. The Kier molecular flexibility index (Phi) is 15.9. The minimum absolute atomic E-state index is 0.0599.